The van der Waals surface area contributed by atoms with Gasteiger partial charge in [0, 0.05) is 16.5 Å². The summed E-state index contributed by atoms with van der Waals surface area (Å²) in [6.45, 7) is 3.75. The zero-order chi connectivity index (χ0) is 25.1. The van der Waals surface area contributed by atoms with Crippen molar-refractivity contribution in [1.82, 2.24) is 9.55 Å². The highest BCUT2D eigenvalue weighted by Crippen LogP contribution is 2.44. The summed E-state index contributed by atoms with van der Waals surface area (Å²) in [7, 11) is 0. The number of rotatable bonds is 6. The number of pyridine rings is 2. The second-order valence-corrected chi connectivity index (χ2v) is 9.27. The molecule has 2 aromatic heterocycles. The third-order valence-corrected chi connectivity index (χ3v) is 7.10. The Morgan fingerprint density at radius 3 is 2.74 bits per heavy atom. The predicted molar refractivity (Wildman–Crippen MR) is 130 cm³/mol. The lowest BCUT2D eigenvalue weighted by atomic mass is 9.86. The van der Waals surface area contributed by atoms with Crippen LogP contribution in [0, 0.1) is 10.1 Å². The zero-order valence-corrected chi connectivity index (χ0v) is 20.7. The molecule has 0 radical (unpaired) electrons. The van der Waals surface area contributed by atoms with Crippen LogP contribution >= 0.6 is 15.9 Å². The van der Waals surface area contributed by atoms with Gasteiger partial charge in [-0.2, -0.15) is 0 Å². The highest BCUT2D eigenvalue weighted by atomic mass is 79.9. The van der Waals surface area contributed by atoms with Crippen LogP contribution in [0.1, 0.15) is 42.5 Å². The Balaban J connectivity index is 1.80. The first-order chi connectivity index (χ1) is 16.8. The molecule has 2 aliphatic rings. The molecule has 4 heterocycles. The first-order valence-corrected chi connectivity index (χ1v) is 12.4. The maximum absolute atomic E-state index is 13.4. The number of carbonyl (C=O) groups excluding carboxylic acids is 1. The number of nitro benzene ring substituents is 1. The summed E-state index contributed by atoms with van der Waals surface area (Å²) in [5.41, 5.74) is 0.786. The van der Waals surface area contributed by atoms with Crippen molar-refractivity contribution in [2.24, 2.45) is 0 Å². The van der Waals surface area contributed by atoms with Gasteiger partial charge in [-0.05, 0) is 36.6 Å². The van der Waals surface area contributed by atoms with Crippen molar-refractivity contribution < 1.29 is 24.3 Å². The van der Waals surface area contributed by atoms with E-state index in [1.165, 1.54) is 10.6 Å². The van der Waals surface area contributed by atoms with Crippen LogP contribution in [0.5, 0.6) is 5.75 Å². The molecule has 0 saturated heterocycles. The van der Waals surface area contributed by atoms with Gasteiger partial charge in [-0.25, -0.2) is 9.78 Å². The highest BCUT2D eigenvalue weighted by Gasteiger charge is 2.45. The van der Waals surface area contributed by atoms with Gasteiger partial charge in [0.25, 0.3) is 5.56 Å². The topological polar surface area (TPSA) is 134 Å². The molecule has 0 spiro atoms. The molecular formula is C24H22BrN3O7. The third-order valence-electron chi connectivity index (χ3n) is 6.78. The molecule has 0 aliphatic carbocycles. The van der Waals surface area contributed by atoms with E-state index in [1.807, 2.05) is 6.92 Å². The van der Waals surface area contributed by atoms with Gasteiger partial charge in [-0.1, -0.05) is 29.8 Å². The van der Waals surface area contributed by atoms with Gasteiger partial charge >= 0.3 is 11.7 Å². The molecule has 0 fully saturated rings. The van der Waals surface area contributed by atoms with Gasteiger partial charge < -0.3 is 19.1 Å². The molecule has 11 heteroatoms. The summed E-state index contributed by atoms with van der Waals surface area (Å²) < 4.78 is 12.3. The predicted octanol–water partition coefficient (Wildman–Crippen LogP) is 3.32. The molecule has 5 rings (SSSR count). The molecule has 0 bridgehead atoms. The van der Waals surface area contributed by atoms with Crippen molar-refractivity contribution in [2.75, 3.05) is 11.9 Å². The molecule has 35 heavy (non-hydrogen) atoms. The lowest BCUT2D eigenvalue weighted by Crippen LogP contribution is -2.44. The minimum Gasteiger partial charge on any atom is -0.486 e. The quantitative estimate of drug-likeness (QED) is 0.169. The fourth-order valence-electron chi connectivity index (χ4n) is 5.06. The Kier molecular flexibility index (Phi) is 5.64. The molecule has 0 amide bonds. The Morgan fingerprint density at radius 2 is 2.09 bits per heavy atom. The number of ether oxygens (including phenoxy) is 2. The van der Waals surface area contributed by atoms with E-state index in [1.54, 1.807) is 19.1 Å². The highest BCUT2D eigenvalue weighted by molar-refractivity contribution is 9.09. The number of alkyl halides is 1. The molecule has 182 valence electrons. The summed E-state index contributed by atoms with van der Waals surface area (Å²) in [6, 6.07) is 4.83. The van der Waals surface area contributed by atoms with Crippen molar-refractivity contribution >= 4 is 38.5 Å². The number of nitro groups is 1. The number of nitrogens with zero attached hydrogens (tertiary/aromatic N) is 3. The number of aliphatic hydroxyl groups is 1. The number of carbonyl (C=O) groups is 1. The van der Waals surface area contributed by atoms with Gasteiger partial charge in [0.1, 0.15) is 6.61 Å². The SMILES string of the molecule is CCc1c2c(nc3ccc(OCCBr)c([N+](=O)[O-])c13)-c1cc3c(c(=O)n1C2)COC(=O)[C@]3(O)CC. The largest absolute Gasteiger partial charge is 0.486 e. The second kappa shape index (κ2) is 8.42. The molecule has 1 atom stereocenters. The Labute approximate surface area is 207 Å². The van der Waals surface area contributed by atoms with E-state index in [0.717, 1.165) is 0 Å². The summed E-state index contributed by atoms with van der Waals surface area (Å²) in [5, 5.41) is 24.1. The van der Waals surface area contributed by atoms with Gasteiger partial charge in [0.05, 0.1) is 45.9 Å². The fourth-order valence-corrected chi connectivity index (χ4v) is 5.23. The molecular weight excluding hydrogens is 522 g/mol. The number of cyclic esters (lactones) is 1. The van der Waals surface area contributed by atoms with Gasteiger partial charge in [-0.15, -0.1) is 0 Å². The molecule has 1 N–H and O–H groups in total. The van der Waals surface area contributed by atoms with Crippen molar-refractivity contribution in [3.8, 4) is 17.1 Å². The Morgan fingerprint density at radius 1 is 1.31 bits per heavy atom. The maximum atomic E-state index is 13.4. The van der Waals surface area contributed by atoms with Crippen LogP contribution in [0.3, 0.4) is 0 Å². The summed E-state index contributed by atoms with van der Waals surface area (Å²) in [4.78, 5) is 42.2. The van der Waals surface area contributed by atoms with Crippen LogP contribution in [0.25, 0.3) is 22.3 Å². The number of hydrogen-bond donors (Lipinski definition) is 1. The Hall–Kier alpha value is -3.31. The Bertz CT molecular complexity index is 1480. The van der Waals surface area contributed by atoms with Crippen molar-refractivity contribution in [3.05, 3.63) is 60.9 Å². The average Bonchev–Trinajstić information content (AvgIpc) is 3.22. The molecule has 0 unspecified atom stereocenters. The lowest BCUT2D eigenvalue weighted by molar-refractivity contribution is -0.384. The number of aromatic nitrogens is 2. The summed E-state index contributed by atoms with van der Waals surface area (Å²) in [6.07, 6.45) is 0.510. The lowest BCUT2D eigenvalue weighted by Gasteiger charge is -2.31. The van der Waals surface area contributed by atoms with E-state index in [9.17, 15) is 24.8 Å². The van der Waals surface area contributed by atoms with Crippen molar-refractivity contribution in [3.63, 3.8) is 0 Å². The van der Waals surface area contributed by atoms with Crippen LogP contribution in [0.4, 0.5) is 5.69 Å². The van der Waals surface area contributed by atoms with E-state index < -0.39 is 16.5 Å². The van der Waals surface area contributed by atoms with Gasteiger partial charge in [0.2, 0.25) is 0 Å². The number of benzene rings is 1. The van der Waals surface area contributed by atoms with E-state index in [0.29, 0.717) is 45.2 Å². The molecule has 1 aromatic carbocycles. The molecule has 0 saturated carbocycles. The standard InChI is InChI=1S/C24H22BrN3O7/c1-3-12-13-10-27-17(9-15-14(22(27)29)11-35-23(30)24(15,31)4-2)20(13)26-16-5-6-18(34-8-7-25)21(19(12)16)28(32)33/h5-6,9,31H,3-4,7-8,10-11H2,1-2H3/t24-/m0/s1. The molecule has 3 aromatic rings. The van der Waals surface area contributed by atoms with E-state index in [4.69, 9.17) is 14.5 Å². The number of halogens is 1. The second-order valence-electron chi connectivity index (χ2n) is 8.48. The van der Waals surface area contributed by atoms with Crippen LogP contribution in [0.15, 0.2) is 23.0 Å². The maximum Gasteiger partial charge on any atom is 0.343 e. The van der Waals surface area contributed by atoms with Gasteiger partial charge in [-0.3, -0.25) is 14.9 Å². The minimum absolute atomic E-state index is 0.0450. The minimum atomic E-state index is -1.92. The van der Waals surface area contributed by atoms with E-state index in [-0.39, 0.29) is 54.3 Å². The smallest absolute Gasteiger partial charge is 0.343 e. The summed E-state index contributed by atoms with van der Waals surface area (Å²) in [5.74, 6) is -0.632. The number of fused-ring (bicyclic) bond motifs is 5. The van der Waals surface area contributed by atoms with E-state index >= 15 is 0 Å². The average molecular weight is 544 g/mol. The monoisotopic (exact) mass is 543 g/mol. The van der Waals surface area contributed by atoms with Crippen LogP contribution in [0.2, 0.25) is 0 Å². The van der Waals surface area contributed by atoms with Crippen molar-refractivity contribution in [1.29, 1.82) is 0 Å². The third kappa shape index (κ3) is 3.29. The van der Waals surface area contributed by atoms with Crippen LogP contribution in [-0.2, 0) is 34.7 Å². The van der Waals surface area contributed by atoms with E-state index in [2.05, 4.69) is 15.9 Å². The molecule has 2 aliphatic heterocycles. The number of hydrogen-bond acceptors (Lipinski definition) is 8. The number of esters is 1. The van der Waals surface area contributed by atoms with Crippen LogP contribution < -0.4 is 10.3 Å². The van der Waals surface area contributed by atoms with Crippen molar-refractivity contribution in [2.45, 2.75) is 45.4 Å². The van der Waals surface area contributed by atoms with Gasteiger partial charge in [0.15, 0.2) is 11.4 Å². The first-order valence-electron chi connectivity index (χ1n) is 11.3. The van der Waals surface area contributed by atoms with Crippen LogP contribution in [-0.4, -0.2) is 37.5 Å². The zero-order valence-electron chi connectivity index (χ0n) is 19.1. The fraction of sp³-hybridized carbons (Fsp3) is 0.375. The normalized spacial score (nSPS) is 18.1. The molecule has 10 nitrogen and oxygen atoms in total. The first kappa shape index (κ1) is 23.4. The number of aryl methyl sites for hydroxylation is 1. The summed E-state index contributed by atoms with van der Waals surface area (Å²) >= 11 is 3.27.